The van der Waals surface area contributed by atoms with E-state index >= 15 is 0 Å². The van der Waals surface area contributed by atoms with Gasteiger partial charge in [-0.05, 0) is 31.6 Å². The van der Waals surface area contributed by atoms with Crippen molar-refractivity contribution < 1.29 is 16.8 Å². The summed E-state index contributed by atoms with van der Waals surface area (Å²) < 4.78 is 45.4. The van der Waals surface area contributed by atoms with E-state index in [9.17, 15) is 16.8 Å². The van der Waals surface area contributed by atoms with Crippen molar-refractivity contribution in [1.82, 2.24) is 0 Å². The molecule has 142 valence electrons. The normalized spacial score (nSPS) is 15.6. The smallest absolute Gasteiger partial charge is 0.155 e. The van der Waals surface area contributed by atoms with E-state index in [-0.39, 0.29) is 27.6 Å². The van der Waals surface area contributed by atoms with Crippen molar-refractivity contribution in [2.45, 2.75) is 86.2 Å². The van der Waals surface area contributed by atoms with Crippen LogP contribution in [0.5, 0.6) is 0 Å². The summed E-state index contributed by atoms with van der Waals surface area (Å²) in [5.74, 6) is 0.461. The fourth-order valence-corrected chi connectivity index (χ4v) is 4.85. The quantitative estimate of drug-likeness (QED) is 0.747. The minimum atomic E-state index is -2.96. The molecule has 0 fully saturated rings. The lowest BCUT2D eigenvalue weighted by molar-refractivity contribution is 0.302. The van der Waals surface area contributed by atoms with Crippen molar-refractivity contribution in [3.63, 3.8) is 0 Å². The Labute approximate surface area is 145 Å². The lowest BCUT2D eigenvalue weighted by atomic mass is 9.83. The average Bonchev–Trinajstić information content (AvgIpc) is 2.35. The van der Waals surface area contributed by atoms with E-state index in [1.165, 1.54) is 0 Å². The largest absolute Gasteiger partial charge is 0.229 e. The van der Waals surface area contributed by atoms with E-state index in [0.29, 0.717) is 0 Å². The van der Waals surface area contributed by atoms with Crippen LogP contribution < -0.4 is 0 Å². The van der Waals surface area contributed by atoms with Crippen LogP contribution in [0.15, 0.2) is 0 Å². The first-order valence-electron chi connectivity index (χ1n) is 8.21. The second-order valence-corrected chi connectivity index (χ2v) is 14.1. The van der Waals surface area contributed by atoms with Crippen molar-refractivity contribution in [2.75, 3.05) is 11.5 Å². The van der Waals surface area contributed by atoms with Gasteiger partial charge in [-0.1, -0.05) is 55.4 Å². The minimum Gasteiger partial charge on any atom is -0.229 e. The van der Waals surface area contributed by atoms with Gasteiger partial charge in [0, 0.05) is 11.5 Å². The zero-order valence-electron chi connectivity index (χ0n) is 16.9. The monoisotopic (exact) mass is 370 g/mol. The predicted octanol–water partition coefficient (Wildman–Crippen LogP) is 4.10. The molecule has 0 aliphatic carbocycles. The van der Waals surface area contributed by atoms with Crippen molar-refractivity contribution in [1.29, 1.82) is 0 Å². The Balaban J connectivity index is 0. The molecule has 0 N–H and O–H groups in total. The number of hydrogen-bond donors (Lipinski definition) is 0. The summed E-state index contributed by atoms with van der Waals surface area (Å²) in [6, 6.07) is 0. The van der Waals surface area contributed by atoms with Crippen molar-refractivity contribution in [3.8, 4) is 0 Å². The Morgan fingerprint density at radius 3 is 1.17 bits per heavy atom. The van der Waals surface area contributed by atoms with Crippen LogP contribution in [0.1, 0.15) is 76.2 Å². The number of sulfone groups is 2. The van der Waals surface area contributed by atoms with Gasteiger partial charge in [-0.2, -0.15) is 0 Å². The molecule has 0 heterocycles. The third-order valence-corrected chi connectivity index (χ3v) is 10.6. The fourth-order valence-electron chi connectivity index (χ4n) is 1.62. The van der Waals surface area contributed by atoms with Crippen molar-refractivity contribution >= 4 is 19.7 Å². The third kappa shape index (κ3) is 6.73. The maximum atomic E-state index is 11.7. The number of hydrogen-bond acceptors (Lipinski definition) is 4. The highest BCUT2D eigenvalue weighted by molar-refractivity contribution is 7.92. The second kappa shape index (κ2) is 7.85. The summed E-state index contributed by atoms with van der Waals surface area (Å²) in [6.07, 6.45) is 0. The molecule has 0 saturated heterocycles. The molecule has 0 aromatic heterocycles. The molecule has 0 amide bonds. The van der Waals surface area contributed by atoms with E-state index < -0.39 is 24.4 Å². The Morgan fingerprint density at radius 1 is 0.739 bits per heavy atom. The lowest BCUT2D eigenvalue weighted by Gasteiger charge is -2.37. The summed E-state index contributed by atoms with van der Waals surface area (Å²) in [5.41, 5.74) is -0.351. The molecule has 1 unspecified atom stereocenters. The highest BCUT2D eigenvalue weighted by atomic mass is 32.2. The molecule has 0 aliphatic heterocycles. The van der Waals surface area contributed by atoms with E-state index in [1.54, 1.807) is 34.6 Å². The maximum absolute atomic E-state index is 11.7. The van der Waals surface area contributed by atoms with Crippen LogP contribution in [0.4, 0.5) is 0 Å². The van der Waals surface area contributed by atoms with Gasteiger partial charge in [-0.15, -0.1) is 0 Å². The van der Waals surface area contributed by atoms with Gasteiger partial charge >= 0.3 is 0 Å². The minimum absolute atomic E-state index is 0.144. The Hall–Kier alpha value is -0.100. The first-order valence-corrected chi connectivity index (χ1v) is 11.6. The molecule has 6 heteroatoms. The highest BCUT2D eigenvalue weighted by Crippen LogP contribution is 2.36. The van der Waals surface area contributed by atoms with Gasteiger partial charge in [0.05, 0.1) is 10.00 Å². The first-order chi connectivity index (χ1) is 9.78. The fraction of sp³-hybridized carbons (Fsp3) is 1.00. The van der Waals surface area contributed by atoms with Crippen LogP contribution in [0.2, 0.25) is 0 Å². The molecule has 4 nitrogen and oxygen atoms in total. The summed E-state index contributed by atoms with van der Waals surface area (Å²) in [5, 5.41) is -0.250. The van der Waals surface area contributed by atoms with Gasteiger partial charge in [0.25, 0.3) is 0 Å². The molecule has 1 atom stereocenters. The highest BCUT2D eigenvalue weighted by Gasteiger charge is 2.43. The second-order valence-electron chi connectivity index (χ2n) is 8.62. The van der Waals surface area contributed by atoms with Crippen LogP contribution in [-0.4, -0.2) is 38.3 Å². The molecule has 0 radical (unpaired) electrons. The molecule has 23 heavy (non-hydrogen) atoms. The lowest BCUT2D eigenvalue weighted by Crippen LogP contribution is -2.45. The molecule has 0 aromatic carbocycles. The number of rotatable bonds is 4. The summed E-state index contributed by atoms with van der Waals surface area (Å²) >= 11 is 0. The molecule has 0 saturated carbocycles. The van der Waals surface area contributed by atoms with Gasteiger partial charge in [-0.25, -0.2) is 16.8 Å². The molecule has 0 bridgehead atoms. The van der Waals surface area contributed by atoms with Crippen molar-refractivity contribution in [3.05, 3.63) is 0 Å². The van der Waals surface area contributed by atoms with Crippen molar-refractivity contribution in [2.24, 2.45) is 10.8 Å². The van der Waals surface area contributed by atoms with E-state index in [2.05, 4.69) is 0 Å². The first kappa shape index (κ1) is 25.1. The molecular weight excluding hydrogens is 332 g/mol. The van der Waals surface area contributed by atoms with Gasteiger partial charge in [0.1, 0.15) is 0 Å². The molecule has 0 spiro atoms. The Kier molecular flexibility index (Phi) is 8.59. The standard InChI is InChI=1S/C9H20O2S.C8H18O2S/c1-7-12(10,11)9(5,6)8(2,3)4;1-6-11(9,10)7(2)8(3,4)5/h7H2,1-6H3;7H,6H2,1-5H3. The van der Waals surface area contributed by atoms with Crippen LogP contribution >= 0.6 is 0 Å². The molecule has 0 aliphatic rings. The van der Waals surface area contributed by atoms with Gasteiger partial charge in [0.15, 0.2) is 19.7 Å². The molecule has 0 aromatic rings. The summed E-state index contributed by atoms with van der Waals surface area (Å²) in [7, 11) is -5.81. The van der Waals surface area contributed by atoms with E-state index in [1.807, 2.05) is 41.5 Å². The zero-order chi connectivity index (χ0) is 19.5. The molecular formula is C17H38O4S2. The van der Waals surface area contributed by atoms with Gasteiger partial charge < -0.3 is 0 Å². The van der Waals surface area contributed by atoms with Crippen LogP contribution in [-0.2, 0) is 19.7 Å². The van der Waals surface area contributed by atoms with E-state index in [0.717, 1.165) is 0 Å². The zero-order valence-corrected chi connectivity index (χ0v) is 18.6. The Morgan fingerprint density at radius 2 is 1.09 bits per heavy atom. The van der Waals surface area contributed by atoms with E-state index in [4.69, 9.17) is 0 Å². The SMILES string of the molecule is CCS(=O)(=O)C(C)(C)C(C)(C)C.CCS(=O)(=O)C(C)C(C)(C)C. The van der Waals surface area contributed by atoms with Crippen LogP contribution in [0.3, 0.4) is 0 Å². The third-order valence-electron chi connectivity index (χ3n) is 5.12. The Bertz CT molecular complexity index is 557. The van der Waals surface area contributed by atoms with Crippen LogP contribution in [0, 0.1) is 10.8 Å². The van der Waals surface area contributed by atoms with Gasteiger partial charge in [0.2, 0.25) is 0 Å². The topological polar surface area (TPSA) is 68.3 Å². The predicted molar refractivity (Wildman–Crippen MR) is 101 cm³/mol. The summed E-state index contributed by atoms with van der Waals surface area (Å²) in [6.45, 7) is 20.5. The molecule has 0 rings (SSSR count). The maximum Gasteiger partial charge on any atom is 0.155 e. The van der Waals surface area contributed by atoms with Crippen LogP contribution in [0.25, 0.3) is 0 Å². The summed E-state index contributed by atoms with van der Waals surface area (Å²) in [4.78, 5) is 0. The average molecular weight is 371 g/mol. The van der Waals surface area contributed by atoms with Gasteiger partial charge in [-0.3, -0.25) is 0 Å².